The topological polar surface area (TPSA) is 63.5 Å². The number of sulfonamides is 1. The van der Waals surface area contributed by atoms with Gasteiger partial charge in [0.05, 0.1) is 11.1 Å². The first-order chi connectivity index (χ1) is 11.0. The molecule has 0 bridgehead atoms. The summed E-state index contributed by atoms with van der Waals surface area (Å²) < 4.78 is 26.3. The lowest BCUT2D eigenvalue weighted by molar-refractivity contribution is 0.584. The van der Waals surface area contributed by atoms with Crippen molar-refractivity contribution in [3.05, 3.63) is 65.9 Å². The molecule has 0 amide bonds. The quantitative estimate of drug-likeness (QED) is 0.591. The maximum absolute atomic E-state index is 12.2. The number of nitrogens with zero attached hydrogens (tertiary/aromatic N) is 2. The lowest BCUT2D eigenvalue weighted by Gasteiger charge is -2.03. The average molecular weight is 327 g/mol. The lowest BCUT2D eigenvalue weighted by Crippen LogP contribution is -2.18. The Labute approximate surface area is 135 Å². The second kappa shape index (κ2) is 5.89. The number of rotatable bonds is 4. The zero-order valence-corrected chi connectivity index (χ0v) is 13.7. The molecule has 0 unspecified atom stereocenters. The zero-order chi connectivity index (χ0) is 16.4. The van der Waals surface area contributed by atoms with Crippen molar-refractivity contribution in [2.75, 3.05) is 0 Å². The predicted octanol–water partition coefficient (Wildman–Crippen LogP) is 2.80. The van der Waals surface area contributed by atoms with Crippen molar-refractivity contribution in [2.24, 2.45) is 12.1 Å². The Bertz CT molecular complexity index is 971. The molecule has 0 atom stereocenters. The number of nitrogens with one attached hydrogen (secondary N) is 1. The van der Waals surface area contributed by atoms with Gasteiger partial charge in [-0.1, -0.05) is 35.9 Å². The van der Waals surface area contributed by atoms with Crippen LogP contribution >= 0.6 is 0 Å². The molecule has 0 aliphatic rings. The van der Waals surface area contributed by atoms with Crippen LogP contribution in [0.4, 0.5) is 0 Å². The average Bonchev–Trinajstić information content (AvgIpc) is 2.85. The third kappa shape index (κ3) is 3.12. The number of fused-ring (bicyclic) bond motifs is 1. The molecule has 1 heterocycles. The van der Waals surface area contributed by atoms with E-state index >= 15 is 0 Å². The van der Waals surface area contributed by atoms with Crippen LogP contribution in [0.25, 0.3) is 10.9 Å². The van der Waals surface area contributed by atoms with Crippen molar-refractivity contribution in [3.8, 4) is 0 Å². The molecular formula is C17H17N3O2S. The van der Waals surface area contributed by atoms with E-state index in [1.54, 1.807) is 24.3 Å². The SMILES string of the molecule is Cc1ccc(S(=O)(=O)N/N=C\c2cn(C)c3ccccc23)cc1. The van der Waals surface area contributed by atoms with Crippen LogP contribution in [0.2, 0.25) is 0 Å². The molecule has 1 N–H and O–H groups in total. The van der Waals surface area contributed by atoms with E-state index in [0.717, 1.165) is 22.0 Å². The molecule has 6 heteroatoms. The van der Waals surface area contributed by atoms with Crippen LogP contribution in [-0.4, -0.2) is 19.2 Å². The first-order valence-electron chi connectivity index (χ1n) is 7.13. The molecule has 1 aromatic heterocycles. The Morgan fingerprint density at radius 2 is 1.78 bits per heavy atom. The fourth-order valence-electron chi connectivity index (χ4n) is 2.41. The summed E-state index contributed by atoms with van der Waals surface area (Å²) in [6, 6.07) is 14.5. The Balaban J connectivity index is 1.84. The normalized spacial score (nSPS) is 12.1. The number of benzene rings is 2. The second-order valence-corrected chi connectivity index (χ2v) is 7.04. The minimum atomic E-state index is -3.65. The van der Waals surface area contributed by atoms with Crippen LogP contribution in [0.3, 0.4) is 0 Å². The highest BCUT2D eigenvalue weighted by molar-refractivity contribution is 7.89. The fraction of sp³-hybridized carbons (Fsp3) is 0.118. The van der Waals surface area contributed by atoms with Crippen molar-refractivity contribution in [1.29, 1.82) is 0 Å². The van der Waals surface area contributed by atoms with Gasteiger partial charge < -0.3 is 4.57 Å². The first-order valence-corrected chi connectivity index (χ1v) is 8.61. The highest BCUT2D eigenvalue weighted by atomic mass is 32.2. The summed E-state index contributed by atoms with van der Waals surface area (Å²) in [6.45, 7) is 1.91. The molecule has 118 valence electrons. The van der Waals surface area contributed by atoms with Gasteiger partial charge in [-0.2, -0.15) is 13.5 Å². The van der Waals surface area contributed by atoms with Gasteiger partial charge >= 0.3 is 0 Å². The summed E-state index contributed by atoms with van der Waals surface area (Å²) in [5, 5.41) is 4.92. The number of hydrogen-bond acceptors (Lipinski definition) is 3. The number of hydrazone groups is 1. The van der Waals surface area contributed by atoms with Crippen LogP contribution in [0.5, 0.6) is 0 Å². The van der Waals surface area contributed by atoms with E-state index < -0.39 is 10.0 Å². The monoisotopic (exact) mass is 327 g/mol. The summed E-state index contributed by atoms with van der Waals surface area (Å²) >= 11 is 0. The highest BCUT2D eigenvalue weighted by Crippen LogP contribution is 2.18. The van der Waals surface area contributed by atoms with E-state index in [2.05, 4.69) is 9.93 Å². The first kappa shape index (κ1) is 15.3. The minimum Gasteiger partial charge on any atom is -0.350 e. The van der Waals surface area contributed by atoms with Gasteiger partial charge in [0.15, 0.2) is 0 Å². The maximum Gasteiger partial charge on any atom is 0.276 e. The third-order valence-corrected chi connectivity index (χ3v) is 4.87. The van der Waals surface area contributed by atoms with Gasteiger partial charge in [-0.15, -0.1) is 0 Å². The maximum atomic E-state index is 12.2. The van der Waals surface area contributed by atoms with Crippen LogP contribution in [0.15, 0.2) is 64.7 Å². The van der Waals surface area contributed by atoms with Gasteiger partial charge in [0, 0.05) is 29.7 Å². The van der Waals surface area contributed by atoms with E-state index in [1.807, 2.05) is 49.0 Å². The van der Waals surface area contributed by atoms with Gasteiger partial charge in [-0.05, 0) is 25.1 Å². The molecule has 0 fully saturated rings. The molecule has 2 aromatic carbocycles. The lowest BCUT2D eigenvalue weighted by atomic mass is 10.2. The van der Waals surface area contributed by atoms with Gasteiger partial charge in [-0.3, -0.25) is 0 Å². The van der Waals surface area contributed by atoms with Crippen LogP contribution in [-0.2, 0) is 17.1 Å². The van der Waals surface area contributed by atoms with Gasteiger partial charge in [-0.25, -0.2) is 4.83 Å². The molecule has 0 saturated carbocycles. The van der Waals surface area contributed by atoms with E-state index in [0.29, 0.717) is 0 Å². The largest absolute Gasteiger partial charge is 0.350 e. The number of aromatic nitrogens is 1. The Hall–Kier alpha value is -2.60. The minimum absolute atomic E-state index is 0.193. The molecule has 3 aromatic rings. The number of para-hydroxylation sites is 1. The number of hydrogen-bond donors (Lipinski definition) is 1. The molecule has 3 rings (SSSR count). The van der Waals surface area contributed by atoms with Gasteiger partial charge in [0.2, 0.25) is 0 Å². The molecule has 0 aliphatic carbocycles. The molecule has 0 spiro atoms. The molecule has 0 aliphatic heterocycles. The standard InChI is InChI=1S/C17H17N3O2S/c1-13-7-9-15(10-8-13)23(21,22)19-18-11-14-12-20(2)17-6-4-3-5-16(14)17/h3-12,19H,1-2H3/b18-11-. The van der Waals surface area contributed by atoms with Crippen LogP contribution in [0, 0.1) is 6.92 Å². The molecular weight excluding hydrogens is 310 g/mol. The zero-order valence-electron chi connectivity index (χ0n) is 12.9. The molecule has 5 nitrogen and oxygen atoms in total. The van der Waals surface area contributed by atoms with Crippen molar-refractivity contribution in [1.82, 2.24) is 9.40 Å². The van der Waals surface area contributed by atoms with Crippen LogP contribution < -0.4 is 4.83 Å². The van der Waals surface area contributed by atoms with Crippen molar-refractivity contribution >= 4 is 27.1 Å². The second-order valence-electron chi connectivity index (χ2n) is 5.38. The van der Waals surface area contributed by atoms with Crippen molar-refractivity contribution < 1.29 is 8.42 Å². The Morgan fingerprint density at radius 3 is 2.52 bits per heavy atom. The summed E-state index contributed by atoms with van der Waals surface area (Å²) in [6.07, 6.45) is 3.43. The molecule has 0 saturated heterocycles. The van der Waals surface area contributed by atoms with E-state index in [1.165, 1.54) is 6.21 Å². The molecule has 0 radical (unpaired) electrons. The fourth-order valence-corrected chi connectivity index (χ4v) is 3.20. The summed E-state index contributed by atoms with van der Waals surface area (Å²) in [7, 11) is -1.71. The highest BCUT2D eigenvalue weighted by Gasteiger charge is 2.12. The van der Waals surface area contributed by atoms with E-state index in [4.69, 9.17) is 0 Å². The predicted molar refractivity (Wildman–Crippen MR) is 92.0 cm³/mol. The smallest absolute Gasteiger partial charge is 0.276 e. The van der Waals surface area contributed by atoms with Crippen molar-refractivity contribution in [2.45, 2.75) is 11.8 Å². The Morgan fingerprint density at radius 1 is 1.09 bits per heavy atom. The number of aryl methyl sites for hydroxylation is 2. The van der Waals surface area contributed by atoms with Crippen molar-refractivity contribution in [3.63, 3.8) is 0 Å². The Kier molecular flexibility index (Phi) is 3.92. The summed E-state index contributed by atoms with van der Waals surface area (Å²) in [5.74, 6) is 0. The van der Waals surface area contributed by atoms with Crippen LogP contribution in [0.1, 0.15) is 11.1 Å². The van der Waals surface area contributed by atoms with Gasteiger partial charge in [0.25, 0.3) is 10.0 Å². The molecule has 23 heavy (non-hydrogen) atoms. The summed E-state index contributed by atoms with van der Waals surface area (Å²) in [5.41, 5.74) is 2.92. The van der Waals surface area contributed by atoms with Gasteiger partial charge in [0.1, 0.15) is 0 Å². The third-order valence-electron chi connectivity index (χ3n) is 3.64. The van der Waals surface area contributed by atoms with E-state index in [-0.39, 0.29) is 4.90 Å². The summed E-state index contributed by atoms with van der Waals surface area (Å²) in [4.78, 5) is 2.44. The van der Waals surface area contributed by atoms with E-state index in [9.17, 15) is 8.42 Å².